The van der Waals surface area contributed by atoms with E-state index >= 15 is 0 Å². The van der Waals surface area contributed by atoms with Crippen molar-refractivity contribution >= 4 is 6.09 Å². The van der Waals surface area contributed by atoms with E-state index in [1.54, 1.807) is 19.1 Å². The first kappa shape index (κ1) is 10.7. The Balaban J connectivity index is 2.26. The molecule has 0 aliphatic carbocycles. The van der Waals surface area contributed by atoms with E-state index in [9.17, 15) is 4.79 Å². The molecule has 2 saturated heterocycles. The molecular weight excluding hydrogens is 198 g/mol. The molecule has 0 N–H and O–H groups in total. The number of nitrogens with zero attached hydrogens (tertiary/aromatic N) is 1. The molecule has 0 unspecified atom stereocenters. The summed E-state index contributed by atoms with van der Waals surface area (Å²) in [6.45, 7) is 3.91. The Hall–Kier alpha value is -0.810. The molecule has 0 radical (unpaired) electrons. The highest BCUT2D eigenvalue weighted by Crippen LogP contribution is 2.40. The van der Waals surface area contributed by atoms with Gasteiger partial charge in [-0.1, -0.05) is 0 Å². The van der Waals surface area contributed by atoms with Crippen molar-refractivity contribution in [2.24, 2.45) is 0 Å². The van der Waals surface area contributed by atoms with Crippen LogP contribution in [0.15, 0.2) is 0 Å². The number of hydrogen-bond donors (Lipinski definition) is 0. The minimum atomic E-state index is -0.324. The van der Waals surface area contributed by atoms with Crippen LogP contribution in [-0.4, -0.2) is 49.2 Å². The first-order valence-electron chi connectivity index (χ1n) is 5.11. The van der Waals surface area contributed by atoms with Crippen LogP contribution in [0, 0.1) is 0 Å². The Bertz CT molecular complexity index is 283. The highest BCUT2D eigenvalue weighted by atomic mass is 16.7. The van der Waals surface area contributed by atoms with Crippen LogP contribution in [0.5, 0.6) is 0 Å². The molecule has 0 bridgehead atoms. The lowest BCUT2D eigenvalue weighted by Crippen LogP contribution is -2.57. The number of fused-ring (bicyclic) bond motifs is 1. The average molecular weight is 215 g/mol. The number of carbonyl (C=O) groups excluding carboxylic acids is 1. The Kier molecular flexibility index (Phi) is 2.39. The maximum absolute atomic E-state index is 11.5. The summed E-state index contributed by atoms with van der Waals surface area (Å²) in [5.41, 5.74) is -0.324. The molecule has 0 aromatic heterocycles. The van der Waals surface area contributed by atoms with Crippen molar-refractivity contribution in [3.05, 3.63) is 0 Å². The van der Waals surface area contributed by atoms with Gasteiger partial charge in [-0.2, -0.15) is 0 Å². The number of carbonyl (C=O) groups is 1. The predicted octanol–water partition coefficient (Wildman–Crippen LogP) is 0.977. The molecular formula is C10H17NO4. The van der Waals surface area contributed by atoms with Crippen molar-refractivity contribution in [3.63, 3.8) is 0 Å². The maximum atomic E-state index is 11.5. The van der Waals surface area contributed by atoms with E-state index in [1.807, 2.05) is 13.8 Å². The van der Waals surface area contributed by atoms with E-state index in [4.69, 9.17) is 14.2 Å². The number of hydrogen-bond acceptors (Lipinski definition) is 4. The molecule has 4 atom stereocenters. The lowest BCUT2D eigenvalue weighted by Gasteiger charge is -2.43. The quantitative estimate of drug-likeness (QED) is 0.654. The Morgan fingerprint density at radius 3 is 2.87 bits per heavy atom. The topological polar surface area (TPSA) is 48.0 Å². The Labute approximate surface area is 89.3 Å². The Morgan fingerprint density at radius 1 is 1.60 bits per heavy atom. The molecule has 2 fully saturated rings. The smallest absolute Gasteiger partial charge is 0.410 e. The SMILES string of the molecule is CO[C@@H]1C[C@@]2(C)[C@H](OC(=O)N2C)[C@H](C)O1. The third kappa shape index (κ3) is 1.41. The highest BCUT2D eigenvalue weighted by Gasteiger charge is 2.56. The van der Waals surface area contributed by atoms with Gasteiger partial charge in [0.15, 0.2) is 12.4 Å². The van der Waals surface area contributed by atoms with Gasteiger partial charge >= 0.3 is 6.09 Å². The molecule has 5 nitrogen and oxygen atoms in total. The van der Waals surface area contributed by atoms with Crippen LogP contribution < -0.4 is 0 Å². The van der Waals surface area contributed by atoms with Gasteiger partial charge < -0.3 is 19.1 Å². The van der Waals surface area contributed by atoms with Gasteiger partial charge in [-0.25, -0.2) is 4.79 Å². The molecule has 15 heavy (non-hydrogen) atoms. The van der Waals surface area contributed by atoms with Crippen molar-refractivity contribution in [1.82, 2.24) is 4.90 Å². The lowest BCUT2D eigenvalue weighted by atomic mass is 9.85. The summed E-state index contributed by atoms with van der Waals surface area (Å²) in [6, 6.07) is 0. The molecule has 0 spiro atoms. The summed E-state index contributed by atoms with van der Waals surface area (Å²) in [5, 5.41) is 0. The van der Waals surface area contributed by atoms with E-state index in [1.165, 1.54) is 0 Å². The zero-order chi connectivity index (χ0) is 11.2. The molecule has 1 amide bonds. The fourth-order valence-electron chi connectivity index (χ4n) is 2.40. The molecule has 2 rings (SSSR count). The molecule has 86 valence electrons. The molecule has 2 heterocycles. The second-order valence-corrected chi connectivity index (χ2v) is 4.43. The second kappa shape index (κ2) is 3.35. The van der Waals surface area contributed by atoms with Crippen LogP contribution in [0.1, 0.15) is 20.3 Å². The fraction of sp³-hybridized carbons (Fsp3) is 0.900. The zero-order valence-electron chi connectivity index (χ0n) is 9.52. The summed E-state index contributed by atoms with van der Waals surface area (Å²) in [6.07, 6.45) is -0.252. The van der Waals surface area contributed by atoms with Crippen LogP contribution in [-0.2, 0) is 14.2 Å². The number of ether oxygens (including phenoxy) is 3. The largest absolute Gasteiger partial charge is 0.441 e. The fourth-order valence-corrected chi connectivity index (χ4v) is 2.40. The van der Waals surface area contributed by atoms with E-state index in [-0.39, 0.29) is 30.1 Å². The van der Waals surface area contributed by atoms with Crippen molar-refractivity contribution in [2.75, 3.05) is 14.2 Å². The number of rotatable bonds is 1. The third-order valence-corrected chi connectivity index (χ3v) is 3.52. The van der Waals surface area contributed by atoms with Crippen LogP contribution >= 0.6 is 0 Å². The van der Waals surface area contributed by atoms with Crippen LogP contribution in [0.2, 0.25) is 0 Å². The summed E-state index contributed by atoms with van der Waals surface area (Å²) < 4.78 is 16.1. The zero-order valence-corrected chi connectivity index (χ0v) is 9.52. The van der Waals surface area contributed by atoms with Gasteiger partial charge in [0.2, 0.25) is 0 Å². The summed E-state index contributed by atoms with van der Waals surface area (Å²) in [5.74, 6) is 0. The molecule has 5 heteroatoms. The molecule has 2 aliphatic heterocycles. The predicted molar refractivity (Wildman–Crippen MR) is 52.4 cm³/mol. The summed E-state index contributed by atoms with van der Waals surface area (Å²) in [7, 11) is 3.37. The summed E-state index contributed by atoms with van der Waals surface area (Å²) in [4.78, 5) is 13.1. The van der Waals surface area contributed by atoms with Gasteiger partial charge in [0.05, 0.1) is 11.6 Å². The maximum Gasteiger partial charge on any atom is 0.410 e. The van der Waals surface area contributed by atoms with E-state index in [2.05, 4.69) is 0 Å². The lowest BCUT2D eigenvalue weighted by molar-refractivity contribution is -0.224. The van der Waals surface area contributed by atoms with E-state index < -0.39 is 0 Å². The van der Waals surface area contributed by atoms with E-state index in [0.717, 1.165) is 0 Å². The van der Waals surface area contributed by atoms with Crippen molar-refractivity contribution in [3.8, 4) is 0 Å². The highest BCUT2D eigenvalue weighted by molar-refractivity contribution is 5.71. The number of methoxy groups -OCH3 is 1. The van der Waals surface area contributed by atoms with Crippen LogP contribution in [0.4, 0.5) is 4.79 Å². The van der Waals surface area contributed by atoms with Crippen molar-refractivity contribution in [2.45, 2.75) is 44.3 Å². The van der Waals surface area contributed by atoms with E-state index in [0.29, 0.717) is 6.42 Å². The molecule has 2 aliphatic rings. The van der Waals surface area contributed by atoms with Gasteiger partial charge in [0.25, 0.3) is 0 Å². The van der Waals surface area contributed by atoms with Gasteiger partial charge in [-0.3, -0.25) is 0 Å². The molecule has 0 saturated carbocycles. The van der Waals surface area contributed by atoms with Crippen molar-refractivity contribution < 1.29 is 19.0 Å². The van der Waals surface area contributed by atoms with Gasteiger partial charge in [0.1, 0.15) is 0 Å². The van der Waals surface area contributed by atoms with Crippen LogP contribution in [0.25, 0.3) is 0 Å². The van der Waals surface area contributed by atoms with Crippen LogP contribution in [0.3, 0.4) is 0 Å². The normalized spacial score (nSPS) is 45.2. The standard InChI is InChI=1S/C10H17NO4/c1-6-8-10(2,5-7(13-4)14-6)11(3)9(12)15-8/h6-8H,5H2,1-4H3/t6-,7-,8+,10-/m0/s1. The van der Waals surface area contributed by atoms with Crippen molar-refractivity contribution in [1.29, 1.82) is 0 Å². The minimum Gasteiger partial charge on any atom is -0.441 e. The van der Waals surface area contributed by atoms with Gasteiger partial charge in [-0.05, 0) is 13.8 Å². The minimum absolute atomic E-state index is 0.136. The summed E-state index contributed by atoms with van der Waals surface area (Å²) >= 11 is 0. The van der Waals surface area contributed by atoms with Gasteiger partial charge in [0, 0.05) is 20.6 Å². The number of likely N-dealkylation sites (N-methyl/N-ethyl adjacent to an activating group) is 1. The van der Waals surface area contributed by atoms with Gasteiger partial charge in [-0.15, -0.1) is 0 Å². The Morgan fingerprint density at radius 2 is 2.27 bits per heavy atom. The first-order valence-corrected chi connectivity index (χ1v) is 5.11. The second-order valence-electron chi connectivity index (χ2n) is 4.43. The molecule has 0 aromatic carbocycles. The monoisotopic (exact) mass is 215 g/mol. The number of amides is 1. The average Bonchev–Trinajstić information content (AvgIpc) is 2.42. The molecule has 0 aromatic rings. The third-order valence-electron chi connectivity index (χ3n) is 3.52. The first-order chi connectivity index (χ1) is 6.99.